The van der Waals surface area contributed by atoms with Gasteiger partial charge in [-0.25, -0.2) is 4.68 Å². The van der Waals surface area contributed by atoms with Gasteiger partial charge < -0.3 is 19.1 Å². The first-order chi connectivity index (χ1) is 15.4. The molecule has 1 aromatic heterocycles. The lowest BCUT2D eigenvalue weighted by molar-refractivity contribution is -0.135. The predicted molar refractivity (Wildman–Crippen MR) is 124 cm³/mol. The first kappa shape index (κ1) is 23.3. The Labute approximate surface area is 189 Å². The third-order valence-electron chi connectivity index (χ3n) is 5.13. The number of aromatic nitrogens is 2. The summed E-state index contributed by atoms with van der Waals surface area (Å²) in [7, 11) is 3.26. The number of aryl methyl sites for hydroxylation is 1. The average Bonchev–Trinajstić information content (AvgIpc) is 3.11. The van der Waals surface area contributed by atoms with Gasteiger partial charge in [0.2, 0.25) is 11.8 Å². The highest BCUT2D eigenvalue weighted by Crippen LogP contribution is 2.32. The van der Waals surface area contributed by atoms with Crippen molar-refractivity contribution in [3.63, 3.8) is 0 Å². The maximum atomic E-state index is 12.9. The average molecular weight is 438 g/mol. The quantitative estimate of drug-likeness (QED) is 0.463. The van der Waals surface area contributed by atoms with Crippen LogP contribution >= 0.6 is 0 Å². The van der Waals surface area contributed by atoms with Crippen LogP contribution in [0.25, 0.3) is 5.69 Å². The molecule has 0 atom stereocenters. The smallest absolute Gasteiger partial charge is 0.227 e. The summed E-state index contributed by atoms with van der Waals surface area (Å²) in [5.41, 5.74) is 2.54. The van der Waals surface area contributed by atoms with Crippen LogP contribution in [0, 0.1) is 12.8 Å². The number of hydrogen-bond acceptors (Lipinski definition) is 5. The third kappa shape index (κ3) is 5.48. The molecule has 0 fully saturated rings. The normalized spacial score (nSPS) is 10.9. The lowest BCUT2D eigenvalue weighted by Crippen LogP contribution is -2.36. The zero-order chi connectivity index (χ0) is 23.1. The molecular formula is C25H31N3O4. The zero-order valence-corrected chi connectivity index (χ0v) is 19.4. The van der Waals surface area contributed by atoms with Crippen LogP contribution in [0.5, 0.6) is 17.4 Å². The molecule has 0 saturated heterocycles. The number of carbonyl (C=O) groups is 1. The van der Waals surface area contributed by atoms with Crippen LogP contribution in [0.1, 0.15) is 25.1 Å². The number of nitrogens with zero attached hydrogens (tertiary/aromatic N) is 3. The van der Waals surface area contributed by atoms with Crippen LogP contribution in [0.4, 0.5) is 0 Å². The fourth-order valence-electron chi connectivity index (χ4n) is 3.35. The number of carbonyl (C=O) groups excluding carboxylic acids is 1. The van der Waals surface area contributed by atoms with Crippen molar-refractivity contribution in [3.8, 4) is 23.1 Å². The van der Waals surface area contributed by atoms with Gasteiger partial charge in [0.05, 0.1) is 37.2 Å². The van der Waals surface area contributed by atoms with E-state index in [0.717, 1.165) is 22.7 Å². The zero-order valence-electron chi connectivity index (χ0n) is 19.4. The Morgan fingerprint density at radius 1 is 1.03 bits per heavy atom. The third-order valence-corrected chi connectivity index (χ3v) is 5.13. The van der Waals surface area contributed by atoms with Crippen LogP contribution in [0.15, 0.2) is 54.6 Å². The molecule has 0 N–H and O–H groups in total. The summed E-state index contributed by atoms with van der Waals surface area (Å²) in [5.74, 6) is 1.92. The highest BCUT2D eigenvalue weighted by molar-refractivity contribution is 5.78. The molecule has 3 rings (SSSR count). The lowest BCUT2D eigenvalue weighted by atomic mass is 10.1. The van der Waals surface area contributed by atoms with E-state index in [1.54, 1.807) is 23.8 Å². The maximum Gasteiger partial charge on any atom is 0.227 e. The Balaban J connectivity index is 2.03. The second-order valence-electron chi connectivity index (χ2n) is 7.80. The van der Waals surface area contributed by atoms with E-state index < -0.39 is 0 Å². The van der Waals surface area contributed by atoms with Crippen molar-refractivity contribution in [2.45, 2.75) is 27.3 Å². The van der Waals surface area contributed by atoms with Crippen molar-refractivity contribution in [2.75, 3.05) is 27.4 Å². The predicted octanol–water partition coefficient (Wildman–Crippen LogP) is 4.61. The van der Waals surface area contributed by atoms with Crippen molar-refractivity contribution < 1.29 is 19.0 Å². The molecule has 170 valence electrons. The first-order valence-corrected chi connectivity index (χ1v) is 10.7. The second kappa shape index (κ2) is 10.8. The topological polar surface area (TPSA) is 65.8 Å². The summed E-state index contributed by atoms with van der Waals surface area (Å²) in [6.45, 7) is 7.06. The van der Waals surface area contributed by atoms with Gasteiger partial charge in [0.1, 0.15) is 11.5 Å². The SMILES string of the molecule is COCCN(Cc1c(C)nn(-c2ccccc2)c1Oc1ccc(OC)cc1)C(=O)C(C)C. The van der Waals surface area contributed by atoms with Gasteiger partial charge in [-0.05, 0) is 43.3 Å². The van der Waals surface area contributed by atoms with Gasteiger partial charge in [-0.2, -0.15) is 5.10 Å². The van der Waals surface area contributed by atoms with Crippen LogP contribution < -0.4 is 9.47 Å². The molecule has 32 heavy (non-hydrogen) atoms. The van der Waals surface area contributed by atoms with Crippen molar-refractivity contribution in [1.29, 1.82) is 0 Å². The highest BCUT2D eigenvalue weighted by atomic mass is 16.5. The highest BCUT2D eigenvalue weighted by Gasteiger charge is 2.24. The van der Waals surface area contributed by atoms with E-state index in [1.165, 1.54) is 0 Å². The molecule has 0 bridgehead atoms. The van der Waals surface area contributed by atoms with Crippen molar-refractivity contribution in [2.24, 2.45) is 5.92 Å². The second-order valence-corrected chi connectivity index (χ2v) is 7.80. The molecule has 0 saturated carbocycles. The van der Waals surface area contributed by atoms with Gasteiger partial charge in [-0.1, -0.05) is 32.0 Å². The van der Waals surface area contributed by atoms with E-state index in [4.69, 9.17) is 19.3 Å². The van der Waals surface area contributed by atoms with E-state index >= 15 is 0 Å². The van der Waals surface area contributed by atoms with E-state index in [9.17, 15) is 4.79 Å². The number of methoxy groups -OCH3 is 2. The maximum absolute atomic E-state index is 12.9. The van der Waals surface area contributed by atoms with E-state index in [0.29, 0.717) is 31.3 Å². The Morgan fingerprint density at radius 3 is 2.28 bits per heavy atom. The number of ether oxygens (including phenoxy) is 3. The summed E-state index contributed by atoms with van der Waals surface area (Å²) < 4.78 is 18.6. The van der Waals surface area contributed by atoms with Gasteiger partial charge in [-0.15, -0.1) is 0 Å². The summed E-state index contributed by atoms with van der Waals surface area (Å²) in [6, 6.07) is 17.2. The molecule has 1 amide bonds. The molecule has 3 aromatic rings. The molecular weight excluding hydrogens is 406 g/mol. The van der Waals surface area contributed by atoms with Crippen LogP contribution in [0.2, 0.25) is 0 Å². The lowest BCUT2D eigenvalue weighted by Gasteiger charge is -2.24. The fourth-order valence-corrected chi connectivity index (χ4v) is 3.35. The minimum atomic E-state index is -0.123. The minimum Gasteiger partial charge on any atom is -0.497 e. The van der Waals surface area contributed by atoms with Crippen LogP contribution in [-0.4, -0.2) is 48.0 Å². The molecule has 0 unspecified atom stereocenters. The number of benzene rings is 2. The molecule has 0 aliphatic rings. The van der Waals surface area contributed by atoms with Crippen molar-refractivity contribution >= 4 is 5.91 Å². The van der Waals surface area contributed by atoms with Gasteiger partial charge in [-0.3, -0.25) is 4.79 Å². The van der Waals surface area contributed by atoms with Gasteiger partial charge in [0, 0.05) is 19.6 Å². The first-order valence-electron chi connectivity index (χ1n) is 10.7. The summed E-state index contributed by atoms with van der Waals surface area (Å²) >= 11 is 0. The van der Waals surface area contributed by atoms with Crippen molar-refractivity contribution in [1.82, 2.24) is 14.7 Å². The van der Waals surface area contributed by atoms with Crippen LogP contribution in [-0.2, 0) is 16.1 Å². The minimum absolute atomic E-state index is 0.0595. The number of rotatable bonds is 10. The standard InChI is InChI=1S/C25H31N3O4/c1-18(2)24(29)27(15-16-30-4)17-23-19(3)26-28(20-9-7-6-8-10-20)25(23)32-22-13-11-21(31-5)12-14-22/h6-14,18H,15-17H2,1-5H3. The Bertz CT molecular complexity index is 1010. The number of amides is 1. The molecule has 7 nitrogen and oxygen atoms in total. The van der Waals surface area contributed by atoms with E-state index in [1.807, 2.05) is 75.4 Å². The number of hydrogen-bond donors (Lipinski definition) is 0. The summed E-state index contributed by atoms with van der Waals surface area (Å²) in [4.78, 5) is 14.7. The van der Waals surface area contributed by atoms with Gasteiger partial charge in [0.25, 0.3) is 0 Å². The summed E-state index contributed by atoms with van der Waals surface area (Å²) in [6.07, 6.45) is 0. The van der Waals surface area contributed by atoms with Gasteiger partial charge in [0.15, 0.2) is 0 Å². The largest absolute Gasteiger partial charge is 0.497 e. The molecule has 1 heterocycles. The Hall–Kier alpha value is -3.32. The molecule has 0 aliphatic heterocycles. The van der Waals surface area contributed by atoms with Gasteiger partial charge >= 0.3 is 0 Å². The fraction of sp³-hybridized carbons (Fsp3) is 0.360. The molecule has 0 radical (unpaired) electrons. The summed E-state index contributed by atoms with van der Waals surface area (Å²) in [5, 5.41) is 4.75. The molecule has 0 spiro atoms. The van der Waals surface area contributed by atoms with E-state index in [2.05, 4.69) is 0 Å². The molecule has 7 heteroatoms. The molecule has 2 aromatic carbocycles. The van der Waals surface area contributed by atoms with Crippen LogP contribution in [0.3, 0.4) is 0 Å². The Morgan fingerprint density at radius 2 is 1.69 bits per heavy atom. The Kier molecular flexibility index (Phi) is 7.89. The monoisotopic (exact) mass is 437 g/mol. The number of para-hydroxylation sites is 1. The molecule has 0 aliphatic carbocycles. The van der Waals surface area contributed by atoms with Crippen molar-refractivity contribution in [3.05, 3.63) is 65.9 Å². The van der Waals surface area contributed by atoms with E-state index in [-0.39, 0.29) is 11.8 Å².